The molecule has 0 saturated carbocycles. The van der Waals surface area contributed by atoms with Crippen molar-refractivity contribution in [1.29, 1.82) is 0 Å². The van der Waals surface area contributed by atoms with Gasteiger partial charge in [0.1, 0.15) is 23.2 Å². The molecule has 0 radical (unpaired) electrons. The Morgan fingerprint density at radius 3 is 2.29 bits per heavy atom. The van der Waals surface area contributed by atoms with Gasteiger partial charge in [0.2, 0.25) is 0 Å². The molecular formula is C29H50O4Si. The van der Waals surface area contributed by atoms with Crippen LogP contribution in [0.1, 0.15) is 102 Å². The summed E-state index contributed by atoms with van der Waals surface area (Å²) in [5.41, 5.74) is 1.65. The van der Waals surface area contributed by atoms with Crippen LogP contribution < -0.4 is 0 Å². The van der Waals surface area contributed by atoms with E-state index in [2.05, 4.69) is 74.7 Å². The second-order valence-electron chi connectivity index (χ2n) is 11.9. The van der Waals surface area contributed by atoms with Crippen LogP contribution in [0.15, 0.2) is 35.3 Å². The van der Waals surface area contributed by atoms with E-state index in [1.165, 1.54) is 7.11 Å². The molecule has 0 aliphatic carbocycles. The molecule has 0 fully saturated rings. The first kappa shape index (κ1) is 30.4. The van der Waals surface area contributed by atoms with Gasteiger partial charge in [-0.3, -0.25) is 0 Å². The van der Waals surface area contributed by atoms with Crippen molar-refractivity contribution in [3.63, 3.8) is 0 Å². The topological polar surface area (TPSA) is 48.7 Å². The lowest BCUT2D eigenvalue weighted by Gasteiger charge is -2.42. The second-order valence-corrected chi connectivity index (χ2v) is 16.6. The highest BCUT2D eigenvalue weighted by Gasteiger charge is 2.44. The lowest BCUT2D eigenvalue weighted by molar-refractivity contribution is 0.0524. The first-order valence-electron chi connectivity index (χ1n) is 12.8. The van der Waals surface area contributed by atoms with Gasteiger partial charge in [-0.25, -0.2) is 4.79 Å². The monoisotopic (exact) mass is 490 g/mol. The van der Waals surface area contributed by atoms with Crippen LogP contribution in [-0.4, -0.2) is 21.4 Å². The van der Waals surface area contributed by atoms with Gasteiger partial charge in [0.25, 0.3) is 0 Å². The molecule has 1 rings (SSSR count). The van der Waals surface area contributed by atoms with Crippen molar-refractivity contribution in [2.24, 2.45) is 17.8 Å². The number of ether oxygens (including phenoxy) is 1. The summed E-state index contributed by atoms with van der Waals surface area (Å²) in [6.07, 6.45) is 6.24. The van der Waals surface area contributed by atoms with E-state index in [0.29, 0.717) is 23.2 Å². The van der Waals surface area contributed by atoms with E-state index in [1.54, 1.807) is 0 Å². The van der Waals surface area contributed by atoms with Crippen LogP contribution in [0.25, 0.3) is 0 Å². The molecule has 0 aliphatic heterocycles. The van der Waals surface area contributed by atoms with Crippen molar-refractivity contribution in [3.8, 4) is 0 Å². The zero-order chi connectivity index (χ0) is 26.3. The maximum Gasteiger partial charge on any atom is 0.341 e. The van der Waals surface area contributed by atoms with Gasteiger partial charge in [-0.1, -0.05) is 53.2 Å². The van der Waals surface area contributed by atoms with Gasteiger partial charge in [0.15, 0.2) is 8.32 Å². The highest BCUT2D eigenvalue weighted by molar-refractivity contribution is 6.74. The van der Waals surface area contributed by atoms with Gasteiger partial charge in [-0.2, -0.15) is 0 Å². The normalized spacial score (nSPS) is 15.1. The van der Waals surface area contributed by atoms with Crippen LogP contribution in [0.2, 0.25) is 18.1 Å². The first-order valence-corrected chi connectivity index (χ1v) is 15.7. The lowest BCUT2D eigenvalue weighted by atomic mass is 9.83. The molecule has 0 aliphatic rings. The average Bonchev–Trinajstić information content (AvgIpc) is 3.12. The minimum Gasteiger partial charge on any atom is -0.465 e. The molecule has 0 amide bonds. The van der Waals surface area contributed by atoms with E-state index in [0.717, 1.165) is 43.4 Å². The van der Waals surface area contributed by atoms with Gasteiger partial charge < -0.3 is 13.6 Å². The summed E-state index contributed by atoms with van der Waals surface area (Å²) in [6, 6.07) is 1.88. The molecule has 0 spiro atoms. The molecule has 4 nitrogen and oxygen atoms in total. The maximum absolute atomic E-state index is 12.9. The van der Waals surface area contributed by atoms with Crippen LogP contribution in [0.3, 0.4) is 0 Å². The fraction of sp³-hybridized carbons (Fsp3) is 0.690. The summed E-state index contributed by atoms with van der Waals surface area (Å²) in [4.78, 5) is 12.9. The van der Waals surface area contributed by atoms with Crippen LogP contribution >= 0.6 is 0 Å². The summed E-state index contributed by atoms with van der Waals surface area (Å²) in [6.45, 7) is 27.9. The van der Waals surface area contributed by atoms with Gasteiger partial charge in [-0.15, -0.1) is 13.2 Å². The quantitative estimate of drug-likeness (QED) is 0.148. The summed E-state index contributed by atoms with van der Waals surface area (Å²) < 4.78 is 18.7. The van der Waals surface area contributed by atoms with Crippen molar-refractivity contribution < 1.29 is 18.4 Å². The third-order valence-electron chi connectivity index (χ3n) is 7.27. The van der Waals surface area contributed by atoms with E-state index < -0.39 is 8.32 Å². The van der Waals surface area contributed by atoms with E-state index in [1.807, 2.05) is 12.1 Å². The molecular weight excluding hydrogens is 440 g/mol. The van der Waals surface area contributed by atoms with Crippen LogP contribution in [0, 0.1) is 17.8 Å². The minimum atomic E-state index is -2.17. The smallest absolute Gasteiger partial charge is 0.341 e. The summed E-state index contributed by atoms with van der Waals surface area (Å²) in [5, 5.41) is 0.0290. The number of hydrogen-bond acceptors (Lipinski definition) is 4. The van der Waals surface area contributed by atoms with Gasteiger partial charge >= 0.3 is 5.97 Å². The molecule has 1 aromatic rings. The molecule has 34 heavy (non-hydrogen) atoms. The Kier molecular flexibility index (Phi) is 11.6. The van der Waals surface area contributed by atoms with E-state index in [4.69, 9.17) is 13.6 Å². The van der Waals surface area contributed by atoms with E-state index >= 15 is 0 Å². The average molecular weight is 491 g/mol. The number of allylic oxidation sites excluding steroid dienone is 2. The number of esters is 1. The number of rotatable bonds is 14. The van der Waals surface area contributed by atoms with E-state index in [-0.39, 0.29) is 23.0 Å². The van der Waals surface area contributed by atoms with Crippen molar-refractivity contribution in [1.82, 2.24) is 0 Å². The lowest BCUT2D eigenvalue weighted by Crippen LogP contribution is -2.43. The zero-order valence-corrected chi connectivity index (χ0v) is 24.5. The number of furan rings is 1. The Morgan fingerprint density at radius 2 is 1.82 bits per heavy atom. The molecule has 0 aromatic carbocycles. The molecule has 0 unspecified atom stereocenters. The third-order valence-corrected chi connectivity index (χ3v) is 11.7. The molecule has 0 bridgehead atoms. The van der Waals surface area contributed by atoms with Crippen molar-refractivity contribution in [2.75, 3.05) is 7.11 Å². The van der Waals surface area contributed by atoms with Crippen LogP contribution in [0.5, 0.6) is 0 Å². The summed E-state index contributed by atoms with van der Waals surface area (Å²) in [5.74, 6) is 2.04. The molecule has 5 heteroatoms. The molecule has 3 atom stereocenters. The van der Waals surface area contributed by atoms with Crippen LogP contribution in [-0.2, 0) is 15.6 Å². The Balaban J connectivity index is 3.59. The van der Waals surface area contributed by atoms with E-state index in [9.17, 15) is 4.79 Å². The van der Waals surface area contributed by atoms with Crippen molar-refractivity contribution >= 4 is 14.3 Å². The SMILES string of the molecule is C=CCC[C@H](C)Cc1cc(C(=O)OC)c([C@H](O[Si](C)(C)C(C)(C)C)[C@@H](CCC(=C)C)C(C)C)o1. The standard InChI is InChI=1S/C29H50O4Si/c1-13-14-15-22(6)18-23-19-25(28(30)31-10)26(32-23)27(33-34(11,12)29(7,8)9)24(21(4)5)17-16-20(2)3/h13,19,21-22,24,27H,1-2,14-18H2,3-12H3/t22-,24-,27+/m0/s1. The zero-order valence-electron chi connectivity index (χ0n) is 23.5. The maximum atomic E-state index is 12.9. The van der Waals surface area contributed by atoms with Gasteiger partial charge in [0, 0.05) is 6.42 Å². The predicted molar refractivity (Wildman–Crippen MR) is 146 cm³/mol. The number of methoxy groups -OCH3 is 1. The highest BCUT2D eigenvalue weighted by Crippen LogP contribution is 2.45. The molecule has 1 heterocycles. The fourth-order valence-corrected chi connectivity index (χ4v) is 5.23. The van der Waals surface area contributed by atoms with Crippen molar-refractivity contribution in [2.45, 2.75) is 105 Å². The summed E-state index contributed by atoms with van der Waals surface area (Å²) in [7, 11) is -0.743. The molecule has 194 valence electrons. The number of carbonyl (C=O) groups is 1. The Hall–Kier alpha value is -1.59. The number of hydrogen-bond donors (Lipinski definition) is 0. The summed E-state index contributed by atoms with van der Waals surface area (Å²) >= 11 is 0. The Morgan fingerprint density at radius 1 is 1.21 bits per heavy atom. The van der Waals surface area contributed by atoms with Crippen LogP contribution in [0.4, 0.5) is 0 Å². The second kappa shape index (κ2) is 12.9. The number of carbonyl (C=O) groups excluding carboxylic acids is 1. The molecule has 0 saturated heterocycles. The largest absolute Gasteiger partial charge is 0.465 e. The minimum absolute atomic E-state index is 0.0290. The van der Waals surface area contributed by atoms with Crippen molar-refractivity contribution in [3.05, 3.63) is 48.0 Å². The van der Waals surface area contributed by atoms with Gasteiger partial charge in [-0.05, 0) is 74.6 Å². The van der Waals surface area contributed by atoms with Gasteiger partial charge in [0.05, 0.1) is 7.11 Å². The first-order chi connectivity index (χ1) is 15.6. The molecule has 0 N–H and O–H groups in total. The predicted octanol–water partition coefficient (Wildman–Crippen LogP) is 8.90. The third kappa shape index (κ3) is 8.57. The Bertz CT molecular complexity index is 813. The molecule has 1 aromatic heterocycles. The fourth-order valence-electron chi connectivity index (χ4n) is 3.96. The highest BCUT2D eigenvalue weighted by atomic mass is 28.4. The Labute approximate surface area is 210 Å².